The predicted molar refractivity (Wildman–Crippen MR) is 77.3 cm³/mol. The second-order valence-electron chi connectivity index (χ2n) is 7.47. The van der Waals surface area contributed by atoms with Gasteiger partial charge in [-0.25, -0.2) is 0 Å². The van der Waals surface area contributed by atoms with Gasteiger partial charge < -0.3 is 15.0 Å². The number of nitrogens with two attached hydrogens (primary N) is 1. The Hall–Kier alpha value is -0.800. The van der Waals surface area contributed by atoms with Crippen molar-refractivity contribution in [2.24, 2.45) is 11.1 Å². The fraction of sp³-hybridized carbons (Fsp3) is 0.750. The molecule has 19 heavy (non-hydrogen) atoms. The van der Waals surface area contributed by atoms with E-state index in [1.54, 1.807) is 0 Å². The van der Waals surface area contributed by atoms with E-state index in [0.29, 0.717) is 5.41 Å². The molecule has 0 amide bonds. The Morgan fingerprint density at radius 1 is 1.37 bits per heavy atom. The first kappa shape index (κ1) is 13.2. The highest BCUT2D eigenvalue weighted by atomic mass is 16.5. The summed E-state index contributed by atoms with van der Waals surface area (Å²) in [5, 5.41) is 0. The minimum atomic E-state index is 0.116. The van der Waals surface area contributed by atoms with Gasteiger partial charge in [0.15, 0.2) is 0 Å². The van der Waals surface area contributed by atoms with Crippen LogP contribution in [0.2, 0.25) is 0 Å². The van der Waals surface area contributed by atoms with Gasteiger partial charge in [-0.1, -0.05) is 13.8 Å². The van der Waals surface area contributed by atoms with Crippen LogP contribution in [0.1, 0.15) is 56.6 Å². The van der Waals surface area contributed by atoms with E-state index in [1.807, 2.05) is 0 Å². The van der Waals surface area contributed by atoms with Crippen LogP contribution in [0, 0.1) is 12.3 Å². The van der Waals surface area contributed by atoms with E-state index in [1.165, 1.54) is 17.0 Å². The molecule has 1 aliphatic carbocycles. The molecule has 1 aliphatic heterocycles. The van der Waals surface area contributed by atoms with Crippen LogP contribution in [0.15, 0.2) is 6.07 Å². The van der Waals surface area contributed by atoms with Crippen LogP contribution in [0.3, 0.4) is 0 Å². The lowest BCUT2D eigenvalue weighted by molar-refractivity contribution is 0.157. The Kier molecular flexibility index (Phi) is 2.84. The van der Waals surface area contributed by atoms with Crippen molar-refractivity contribution in [1.29, 1.82) is 0 Å². The summed E-state index contributed by atoms with van der Waals surface area (Å²) in [5.74, 6) is 0. The molecular weight excluding hydrogens is 236 g/mol. The maximum Gasteiger partial charge on any atom is 0.0700 e. The van der Waals surface area contributed by atoms with Crippen molar-refractivity contribution in [2.45, 2.75) is 58.5 Å². The van der Waals surface area contributed by atoms with Gasteiger partial charge in [0.2, 0.25) is 0 Å². The minimum Gasteiger partial charge on any atom is -0.379 e. The van der Waals surface area contributed by atoms with Gasteiger partial charge in [-0.2, -0.15) is 0 Å². The van der Waals surface area contributed by atoms with Crippen LogP contribution in [0.4, 0.5) is 0 Å². The van der Waals surface area contributed by atoms with Gasteiger partial charge in [0.05, 0.1) is 12.1 Å². The zero-order chi connectivity index (χ0) is 13.8. The summed E-state index contributed by atoms with van der Waals surface area (Å²) >= 11 is 0. The molecule has 2 N–H and O–H groups in total. The number of hydrogen-bond donors (Lipinski definition) is 1. The average molecular weight is 262 g/mol. The van der Waals surface area contributed by atoms with E-state index >= 15 is 0 Å². The molecule has 0 radical (unpaired) electrons. The first-order valence-corrected chi connectivity index (χ1v) is 7.37. The normalized spacial score (nSPS) is 33.4. The first-order valence-electron chi connectivity index (χ1n) is 7.37. The molecule has 0 spiro atoms. The summed E-state index contributed by atoms with van der Waals surface area (Å²) in [7, 11) is 0. The largest absolute Gasteiger partial charge is 0.379 e. The van der Waals surface area contributed by atoms with E-state index in [2.05, 4.69) is 38.3 Å². The molecule has 1 saturated heterocycles. The van der Waals surface area contributed by atoms with Crippen molar-refractivity contribution < 1.29 is 4.74 Å². The quantitative estimate of drug-likeness (QED) is 0.845. The third-order valence-corrected chi connectivity index (χ3v) is 4.88. The lowest BCUT2D eigenvalue weighted by Gasteiger charge is -2.37. The van der Waals surface area contributed by atoms with Crippen LogP contribution >= 0.6 is 0 Å². The van der Waals surface area contributed by atoms with Crippen LogP contribution in [0.25, 0.3) is 0 Å². The van der Waals surface area contributed by atoms with Gasteiger partial charge in [-0.3, -0.25) is 0 Å². The summed E-state index contributed by atoms with van der Waals surface area (Å²) in [6.45, 7) is 10.9. The van der Waals surface area contributed by atoms with Gasteiger partial charge in [-0.15, -0.1) is 0 Å². The van der Waals surface area contributed by atoms with E-state index in [-0.39, 0.29) is 11.6 Å². The lowest BCUT2D eigenvalue weighted by atomic mass is 9.74. The van der Waals surface area contributed by atoms with Crippen LogP contribution < -0.4 is 5.73 Å². The van der Waals surface area contributed by atoms with Crippen molar-refractivity contribution in [3.63, 3.8) is 0 Å². The van der Waals surface area contributed by atoms with Gasteiger partial charge in [0, 0.05) is 24.0 Å². The molecule has 3 heteroatoms. The van der Waals surface area contributed by atoms with Crippen molar-refractivity contribution >= 4 is 0 Å². The molecule has 106 valence electrons. The lowest BCUT2D eigenvalue weighted by Crippen LogP contribution is -2.37. The predicted octanol–water partition coefficient (Wildman–Crippen LogP) is 2.90. The third-order valence-electron chi connectivity index (χ3n) is 4.88. The summed E-state index contributed by atoms with van der Waals surface area (Å²) in [5.41, 5.74) is 11.0. The summed E-state index contributed by atoms with van der Waals surface area (Å²) in [6.07, 6.45) is 3.31. The fourth-order valence-corrected chi connectivity index (χ4v) is 4.03. The Labute approximate surface area is 116 Å². The number of hydrogen-bond acceptors (Lipinski definition) is 2. The molecule has 1 fully saturated rings. The van der Waals surface area contributed by atoms with E-state index in [9.17, 15) is 0 Å². The molecule has 0 bridgehead atoms. The zero-order valence-electron chi connectivity index (χ0n) is 12.6. The smallest absolute Gasteiger partial charge is 0.0700 e. The zero-order valence-corrected chi connectivity index (χ0v) is 12.6. The molecular formula is C16H26N2O. The molecule has 3 nitrogen and oxygen atoms in total. The maximum absolute atomic E-state index is 6.40. The number of aromatic nitrogens is 1. The highest BCUT2D eigenvalue weighted by Gasteiger charge is 2.39. The molecule has 2 atom stereocenters. The van der Waals surface area contributed by atoms with Gasteiger partial charge >= 0.3 is 0 Å². The standard InChI is InChI=1S/C16H26N2O/c1-11-7-12-13(17)8-15(2,3)9-14(12)18(11)16(4)5-6-19-10-16/h7,13H,5-6,8-10,17H2,1-4H3. The van der Waals surface area contributed by atoms with Crippen LogP contribution in [-0.2, 0) is 16.7 Å². The number of rotatable bonds is 1. The molecule has 2 heterocycles. The average Bonchev–Trinajstić information content (AvgIpc) is 2.82. The topological polar surface area (TPSA) is 40.2 Å². The molecule has 2 aliphatic rings. The van der Waals surface area contributed by atoms with E-state index in [4.69, 9.17) is 10.5 Å². The van der Waals surface area contributed by atoms with Crippen LogP contribution in [-0.4, -0.2) is 17.8 Å². The third kappa shape index (κ3) is 2.03. The number of ether oxygens (including phenoxy) is 1. The molecule has 1 aromatic heterocycles. The Morgan fingerprint density at radius 3 is 2.74 bits per heavy atom. The molecule has 3 rings (SSSR count). The van der Waals surface area contributed by atoms with Gasteiger partial charge in [0.1, 0.15) is 0 Å². The SMILES string of the molecule is Cc1cc2c(n1C1(C)CCOC1)CC(C)(C)CC2N. The van der Waals surface area contributed by atoms with Crippen molar-refractivity contribution in [1.82, 2.24) is 4.57 Å². The molecule has 1 aromatic rings. The highest BCUT2D eigenvalue weighted by Crippen LogP contribution is 2.43. The molecule has 0 aromatic carbocycles. The summed E-state index contributed by atoms with van der Waals surface area (Å²) in [4.78, 5) is 0. The van der Waals surface area contributed by atoms with Crippen LogP contribution in [0.5, 0.6) is 0 Å². The van der Waals surface area contributed by atoms with Crippen molar-refractivity contribution in [3.8, 4) is 0 Å². The second-order valence-corrected chi connectivity index (χ2v) is 7.47. The number of aryl methyl sites for hydroxylation is 1. The monoisotopic (exact) mass is 262 g/mol. The Bertz CT molecular complexity index is 495. The van der Waals surface area contributed by atoms with E-state index < -0.39 is 0 Å². The van der Waals surface area contributed by atoms with Crippen molar-refractivity contribution in [2.75, 3.05) is 13.2 Å². The Morgan fingerprint density at radius 2 is 2.11 bits per heavy atom. The summed E-state index contributed by atoms with van der Waals surface area (Å²) in [6, 6.07) is 2.49. The second kappa shape index (κ2) is 4.10. The van der Waals surface area contributed by atoms with Gasteiger partial charge in [0.25, 0.3) is 0 Å². The molecule has 2 unspecified atom stereocenters. The first-order chi connectivity index (χ1) is 8.82. The van der Waals surface area contributed by atoms with Gasteiger partial charge in [-0.05, 0) is 50.2 Å². The fourth-order valence-electron chi connectivity index (χ4n) is 4.03. The molecule has 0 saturated carbocycles. The van der Waals surface area contributed by atoms with Crippen molar-refractivity contribution in [3.05, 3.63) is 23.0 Å². The minimum absolute atomic E-state index is 0.116. The number of fused-ring (bicyclic) bond motifs is 1. The highest BCUT2D eigenvalue weighted by molar-refractivity contribution is 5.35. The maximum atomic E-state index is 6.40. The number of nitrogens with zero attached hydrogens (tertiary/aromatic N) is 1. The Balaban J connectivity index is 2.12. The summed E-state index contributed by atoms with van der Waals surface area (Å²) < 4.78 is 8.18. The van der Waals surface area contributed by atoms with E-state index in [0.717, 1.165) is 32.5 Å².